The lowest BCUT2D eigenvalue weighted by molar-refractivity contribution is -0.121. The Morgan fingerprint density at radius 3 is 3.27 bits per heavy atom. The molecule has 15 heavy (non-hydrogen) atoms. The van der Waals surface area contributed by atoms with E-state index in [2.05, 4.69) is 4.98 Å². The van der Waals surface area contributed by atoms with Gasteiger partial charge in [-0.2, -0.15) is 0 Å². The summed E-state index contributed by atoms with van der Waals surface area (Å²) in [6.07, 6.45) is 11.0. The van der Waals surface area contributed by atoms with Crippen LogP contribution in [0.4, 0.5) is 0 Å². The molecule has 0 aromatic carbocycles. The molecule has 1 unspecified atom stereocenters. The van der Waals surface area contributed by atoms with Gasteiger partial charge < -0.3 is 4.57 Å². The van der Waals surface area contributed by atoms with Gasteiger partial charge in [0.25, 0.3) is 0 Å². The lowest BCUT2D eigenvalue weighted by Crippen LogP contribution is -2.36. The van der Waals surface area contributed by atoms with E-state index in [1.807, 2.05) is 30.0 Å². The largest absolute Gasteiger partial charge is 0.310 e. The van der Waals surface area contributed by atoms with Gasteiger partial charge >= 0.3 is 0 Å². The van der Waals surface area contributed by atoms with Crippen LogP contribution in [0.1, 0.15) is 19.0 Å². The Bertz CT molecular complexity index is 495. The van der Waals surface area contributed by atoms with E-state index < -0.39 is 0 Å². The zero-order valence-electron chi connectivity index (χ0n) is 8.60. The Morgan fingerprint density at radius 1 is 1.53 bits per heavy atom. The zero-order chi connectivity index (χ0) is 10.5. The van der Waals surface area contributed by atoms with E-state index in [0.29, 0.717) is 0 Å². The van der Waals surface area contributed by atoms with Gasteiger partial charge in [-0.05, 0) is 25.0 Å². The summed E-state index contributed by atoms with van der Waals surface area (Å²) < 4.78 is 2.02. The molecule has 2 aliphatic rings. The van der Waals surface area contributed by atoms with E-state index >= 15 is 0 Å². The summed E-state index contributed by atoms with van der Waals surface area (Å²) in [5.74, 6) is 0.215. The molecule has 0 saturated heterocycles. The molecule has 3 heteroatoms. The molecule has 76 valence electrons. The maximum absolute atomic E-state index is 11.9. The normalized spacial score (nSPS) is 28.3. The van der Waals surface area contributed by atoms with Crippen LogP contribution in [-0.2, 0) is 11.2 Å². The number of ketones is 1. The molecular weight excluding hydrogens is 188 g/mol. The number of rotatable bonds is 0. The highest BCUT2D eigenvalue weighted by Gasteiger charge is 2.40. The van der Waals surface area contributed by atoms with Gasteiger partial charge in [0.15, 0.2) is 5.78 Å². The third-order valence-electron chi connectivity index (χ3n) is 3.44. The molecule has 2 heterocycles. The van der Waals surface area contributed by atoms with Crippen molar-refractivity contribution in [2.45, 2.75) is 19.8 Å². The molecule has 1 aliphatic carbocycles. The van der Waals surface area contributed by atoms with Crippen LogP contribution >= 0.6 is 0 Å². The van der Waals surface area contributed by atoms with Crippen molar-refractivity contribution in [1.29, 1.82) is 0 Å². The average Bonchev–Trinajstić information content (AvgIpc) is 2.63. The maximum atomic E-state index is 11.9. The summed E-state index contributed by atoms with van der Waals surface area (Å²) in [5, 5.41) is 0. The lowest BCUT2D eigenvalue weighted by atomic mass is 9.70. The van der Waals surface area contributed by atoms with Crippen molar-refractivity contribution in [3.63, 3.8) is 0 Å². The number of carbonyl (C=O) groups is 1. The smallest absolute Gasteiger partial charge is 0.165 e. The maximum Gasteiger partial charge on any atom is 0.165 e. The van der Waals surface area contributed by atoms with Gasteiger partial charge in [0, 0.05) is 24.5 Å². The Labute approximate surface area is 88.1 Å². The van der Waals surface area contributed by atoms with Crippen LogP contribution in [0.2, 0.25) is 0 Å². The SMILES string of the molecule is CC12Cc3cncn3C=C1CC=CC2=O. The van der Waals surface area contributed by atoms with Crippen LogP contribution in [0, 0.1) is 5.41 Å². The number of allylic oxidation sites excluding steroid dienone is 3. The van der Waals surface area contributed by atoms with Crippen molar-refractivity contribution < 1.29 is 4.79 Å². The number of carbonyl (C=O) groups excluding carboxylic acids is 1. The van der Waals surface area contributed by atoms with Crippen LogP contribution in [-0.4, -0.2) is 15.3 Å². The molecule has 0 bridgehead atoms. The second kappa shape index (κ2) is 2.69. The number of fused-ring (bicyclic) bond motifs is 2. The zero-order valence-corrected chi connectivity index (χ0v) is 8.60. The van der Waals surface area contributed by atoms with Crippen molar-refractivity contribution >= 4 is 12.0 Å². The molecule has 1 aliphatic heterocycles. The molecule has 0 saturated carbocycles. The minimum atomic E-state index is -0.329. The fraction of sp³-hybridized carbons (Fsp3) is 0.333. The summed E-state index contributed by atoms with van der Waals surface area (Å²) in [7, 11) is 0. The number of hydrogen-bond acceptors (Lipinski definition) is 2. The standard InChI is InChI=1S/C12H12N2O/c1-12-5-10-6-13-8-14(10)7-9(12)3-2-4-11(12)15/h2,4,6-8H,3,5H2,1H3. The van der Waals surface area contributed by atoms with Crippen LogP contribution in [0.15, 0.2) is 30.2 Å². The van der Waals surface area contributed by atoms with Gasteiger partial charge in [-0.1, -0.05) is 6.08 Å². The first-order valence-electron chi connectivity index (χ1n) is 5.13. The van der Waals surface area contributed by atoms with Gasteiger partial charge in [-0.25, -0.2) is 4.98 Å². The van der Waals surface area contributed by atoms with Gasteiger partial charge in [-0.15, -0.1) is 0 Å². The number of aromatic nitrogens is 2. The summed E-state index contributed by atoms with van der Waals surface area (Å²) >= 11 is 0. The van der Waals surface area contributed by atoms with Crippen LogP contribution < -0.4 is 0 Å². The Hall–Kier alpha value is -1.64. The minimum Gasteiger partial charge on any atom is -0.310 e. The van der Waals surface area contributed by atoms with Crippen LogP contribution in [0.5, 0.6) is 0 Å². The Morgan fingerprint density at radius 2 is 2.40 bits per heavy atom. The van der Waals surface area contributed by atoms with Crippen molar-refractivity contribution in [2.24, 2.45) is 5.41 Å². The molecule has 3 nitrogen and oxygen atoms in total. The topological polar surface area (TPSA) is 34.9 Å². The first-order chi connectivity index (χ1) is 7.20. The van der Waals surface area contributed by atoms with Crippen molar-refractivity contribution in [3.05, 3.63) is 35.9 Å². The molecule has 3 rings (SSSR count). The predicted octanol–water partition coefficient (Wildman–Crippen LogP) is 1.82. The third kappa shape index (κ3) is 1.06. The monoisotopic (exact) mass is 200 g/mol. The fourth-order valence-electron chi connectivity index (χ4n) is 2.37. The van der Waals surface area contributed by atoms with Gasteiger partial charge in [0.05, 0.1) is 11.7 Å². The van der Waals surface area contributed by atoms with Crippen molar-refractivity contribution in [1.82, 2.24) is 9.55 Å². The molecule has 1 aromatic heterocycles. The van der Waals surface area contributed by atoms with E-state index in [-0.39, 0.29) is 11.2 Å². The Balaban J connectivity index is 2.18. The minimum absolute atomic E-state index is 0.215. The van der Waals surface area contributed by atoms with Crippen molar-refractivity contribution in [2.75, 3.05) is 0 Å². The average molecular weight is 200 g/mol. The second-order valence-electron chi connectivity index (χ2n) is 4.43. The highest BCUT2D eigenvalue weighted by Crippen LogP contribution is 2.41. The predicted molar refractivity (Wildman–Crippen MR) is 57.1 cm³/mol. The molecule has 1 atom stereocenters. The number of nitrogens with zero attached hydrogens (tertiary/aromatic N) is 2. The molecule has 0 amide bonds. The summed E-state index contributed by atoms with van der Waals surface area (Å²) in [6, 6.07) is 0. The first-order valence-corrected chi connectivity index (χ1v) is 5.13. The molecule has 1 aromatic rings. The Kier molecular flexibility index (Phi) is 1.55. The number of imidazole rings is 1. The summed E-state index contributed by atoms with van der Waals surface area (Å²) in [4.78, 5) is 16.0. The van der Waals surface area contributed by atoms with E-state index in [1.54, 1.807) is 12.4 Å². The number of hydrogen-bond donors (Lipinski definition) is 0. The first kappa shape index (κ1) is 8.65. The highest BCUT2D eigenvalue weighted by molar-refractivity contribution is 5.99. The molecule has 0 fully saturated rings. The lowest BCUT2D eigenvalue weighted by Gasteiger charge is -2.35. The van der Waals surface area contributed by atoms with Gasteiger partial charge in [0.2, 0.25) is 0 Å². The van der Waals surface area contributed by atoms with E-state index in [4.69, 9.17) is 0 Å². The summed E-state index contributed by atoms with van der Waals surface area (Å²) in [5.41, 5.74) is 1.98. The van der Waals surface area contributed by atoms with E-state index in [0.717, 1.165) is 18.5 Å². The second-order valence-corrected chi connectivity index (χ2v) is 4.43. The van der Waals surface area contributed by atoms with E-state index in [1.165, 1.54) is 5.57 Å². The fourth-order valence-corrected chi connectivity index (χ4v) is 2.37. The quantitative estimate of drug-likeness (QED) is 0.640. The molecule has 0 spiro atoms. The molecule has 0 N–H and O–H groups in total. The van der Waals surface area contributed by atoms with Crippen LogP contribution in [0.3, 0.4) is 0 Å². The summed E-state index contributed by atoms with van der Waals surface area (Å²) in [6.45, 7) is 2.03. The molecule has 0 radical (unpaired) electrons. The third-order valence-corrected chi connectivity index (χ3v) is 3.44. The van der Waals surface area contributed by atoms with E-state index in [9.17, 15) is 4.79 Å². The highest BCUT2D eigenvalue weighted by atomic mass is 16.1. The van der Waals surface area contributed by atoms with Gasteiger partial charge in [0.1, 0.15) is 0 Å². The van der Waals surface area contributed by atoms with Gasteiger partial charge in [-0.3, -0.25) is 4.79 Å². The van der Waals surface area contributed by atoms with Crippen molar-refractivity contribution in [3.8, 4) is 0 Å². The van der Waals surface area contributed by atoms with Crippen LogP contribution in [0.25, 0.3) is 6.20 Å². The molecular formula is C12H12N2O.